The van der Waals surface area contributed by atoms with Crippen LogP contribution in [0.5, 0.6) is 0 Å². The Bertz CT molecular complexity index is 731. The van der Waals surface area contributed by atoms with E-state index in [4.69, 9.17) is 10.5 Å². The predicted octanol–water partition coefficient (Wildman–Crippen LogP) is 2.98. The number of amides is 1. The van der Waals surface area contributed by atoms with E-state index in [2.05, 4.69) is 29.0 Å². The van der Waals surface area contributed by atoms with Crippen LogP contribution in [0.25, 0.3) is 0 Å². The molecule has 1 amide bonds. The first kappa shape index (κ1) is 24.0. The van der Waals surface area contributed by atoms with Crippen LogP contribution in [0.2, 0.25) is 0 Å². The third kappa shape index (κ3) is 6.86. The summed E-state index contributed by atoms with van der Waals surface area (Å²) >= 11 is 0. The number of ether oxygens (including phenoxy) is 1. The maximum atomic E-state index is 12.1. The van der Waals surface area contributed by atoms with Crippen molar-refractivity contribution >= 4 is 42.2 Å². The number of carbonyl (C=O) groups excluding carboxylic acids is 1. The molecule has 2 heterocycles. The van der Waals surface area contributed by atoms with Crippen LogP contribution in [-0.4, -0.2) is 36.2 Å². The van der Waals surface area contributed by atoms with Gasteiger partial charge in [0.05, 0.1) is 18.6 Å². The molecule has 6 nitrogen and oxygen atoms in total. The van der Waals surface area contributed by atoms with E-state index in [1.54, 1.807) is 12.1 Å². The number of anilines is 2. The van der Waals surface area contributed by atoms with Crippen LogP contribution in [0.3, 0.4) is 0 Å². The number of hydrogen-bond acceptors (Lipinski definition) is 5. The van der Waals surface area contributed by atoms with Crippen LogP contribution in [-0.2, 0) is 22.5 Å². The number of nitrogen functional groups attached to an aromatic ring is 1. The molecule has 2 aromatic rings. The van der Waals surface area contributed by atoms with Crippen LogP contribution >= 0.6 is 24.8 Å². The Morgan fingerprint density at radius 1 is 1.11 bits per heavy atom. The molecule has 1 aliphatic heterocycles. The summed E-state index contributed by atoms with van der Waals surface area (Å²) < 4.78 is 5.76. The standard InChI is InChI=1S/C20H26N4O2.2ClH/c1-14-12-24(13-15(2)26-14)19-8-5-17(10-22-19)11-23-20(25)9-16-3-6-18(21)7-4-16;;/h3-8,10,14-15H,9,11-13,21H2,1-2H3,(H,23,25);2*1H. The highest BCUT2D eigenvalue weighted by atomic mass is 35.5. The van der Waals surface area contributed by atoms with Gasteiger partial charge in [0.25, 0.3) is 0 Å². The maximum Gasteiger partial charge on any atom is 0.224 e. The third-order valence-electron chi connectivity index (χ3n) is 4.39. The number of halogens is 2. The molecule has 1 aromatic carbocycles. The average molecular weight is 427 g/mol. The van der Waals surface area contributed by atoms with Gasteiger partial charge in [-0.3, -0.25) is 4.79 Å². The second-order valence-electron chi connectivity index (χ2n) is 6.88. The fourth-order valence-corrected chi connectivity index (χ4v) is 3.16. The molecular formula is C20H28Cl2N4O2. The SMILES string of the molecule is CC1CN(c2ccc(CNC(=O)Cc3ccc(N)cc3)cn2)CC(C)O1.Cl.Cl. The monoisotopic (exact) mass is 426 g/mol. The number of carbonyl (C=O) groups is 1. The number of nitrogens with zero attached hydrogens (tertiary/aromatic N) is 2. The highest BCUT2D eigenvalue weighted by Gasteiger charge is 2.22. The molecule has 1 saturated heterocycles. The lowest BCUT2D eigenvalue weighted by Crippen LogP contribution is -2.45. The van der Waals surface area contributed by atoms with Crippen molar-refractivity contribution in [2.45, 2.75) is 39.0 Å². The van der Waals surface area contributed by atoms with Gasteiger partial charge >= 0.3 is 0 Å². The van der Waals surface area contributed by atoms with Crippen LogP contribution in [0.4, 0.5) is 11.5 Å². The van der Waals surface area contributed by atoms with Crippen molar-refractivity contribution in [1.82, 2.24) is 10.3 Å². The number of nitrogens with one attached hydrogen (secondary N) is 1. The molecule has 1 aromatic heterocycles. The maximum absolute atomic E-state index is 12.1. The molecule has 0 saturated carbocycles. The quantitative estimate of drug-likeness (QED) is 0.718. The fraction of sp³-hybridized carbons (Fsp3) is 0.400. The van der Waals surface area contributed by atoms with Gasteiger partial charge < -0.3 is 20.7 Å². The van der Waals surface area contributed by atoms with Crippen molar-refractivity contribution in [1.29, 1.82) is 0 Å². The third-order valence-corrected chi connectivity index (χ3v) is 4.39. The summed E-state index contributed by atoms with van der Waals surface area (Å²) in [7, 11) is 0. The lowest BCUT2D eigenvalue weighted by Gasteiger charge is -2.36. The summed E-state index contributed by atoms with van der Waals surface area (Å²) in [5.41, 5.74) is 8.28. The topological polar surface area (TPSA) is 80.5 Å². The zero-order valence-electron chi connectivity index (χ0n) is 16.1. The second kappa shape index (κ2) is 11.1. The summed E-state index contributed by atoms with van der Waals surface area (Å²) in [6.07, 6.45) is 2.57. The van der Waals surface area contributed by atoms with Crippen LogP contribution in [0.1, 0.15) is 25.0 Å². The van der Waals surface area contributed by atoms with E-state index in [-0.39, 0.29) is 42.9 Å². The molecule has 3 N–H and O–H groups in total. The highest BCUT2D eigenvalue weighted by Crippen LogP contribution is 2.18. The van der Waals surface area contributed by atoms with E-state index in [9.17, 15) is 4.79 Å². The van der Waals surface area contributed by atoms with Crippen molar-refractivity contribution in [2.24, 2.45) is 0 Å². The minimum Gasteiger partial charge on any atom is -0.399 e. The Kier molecular flexibility index (Phi) is 9.52. The summed E-state index contributed by atoms with van der Waals surface area (Å²) in [6.45, 7) is 6.31. The Morgan fingerprint density at radius 3 is 2.29 bits per heavy atom. The van der Waals surface area contributed by atoms with Crippen LogP contribution < -0.4 is 16.0 Å². The highest BCUT2D eigenvalue weighted by molar-refractivity contribution is 5.85. The number of benzene rings is 1. The number of nitrogens with two attached hydrogens (primary N) is 1. The van der Waals surface area contributed by atoms with E-state index in [1.807, 2.05) is 30.5 Å². The smallest absolute Gasteiger partial charge is 0.224 e. The lowest BCUT2D eigenvalue weighted by molar-refractivity contribution is -0.120. The zero-order valence-corrected chi connectivity index (χ0v) is 17.8. The molecule has 28 heavy (non-hydrogen) atoms. The van der Waals surface area contributed by atoms with Gasteiger partial charge in [-0.05, 0) is 43.2 Å². The van der Waals surface area contributed by atoms with E-state index in [0.717, 1.165) is 30.0 Å². The zero-order chi connectivity index (χ0) is 18.5. The molecule has 1 fully saturated rings. The van der Waals surface area contributed by atoms with Gasteiger partial charge in [-0.2, -0.15) is 0 Å². The van der Waals surface area contributed by atoms with Crippen molar-refractivity contribution < 1.29 is 9.53 Å². The second-order valence-corrected chi connectivity index (χ2v) is 6.88. The molecule has 0 spiro atoms. The largest absolute Gasteiger partial charge is 0.399 e. The summed E-state index contributed by atoms with van der Waals surface area (Å²) in [6, 6.07) is 11.4. The fourth-order valence-electron chi connectivity index (χ4n) is 3.16. The molecule has 2 atom stereocenters. The van der Waals surface area contributed by atoms with Crippen molar-refractivity contribution in [3.63, 3.8) is 0 Å². The van der Waals surface area contributed by atoms with Gasteiger partial charge in [-0.1, -0.05) is 18.2 Å². The van der Waals surface area contributed by atoms with Gasteiger partial charge in [-0.25, -0.2) is 4.98 Å². The molecule has 0 aliphatic carbocycles. The lowest BCUT2D eigenvalue weighted by atomic mass is 10.1. The van der Waals surface area contributed by atoms with E-state index in [0.29, 0.717) is 18.7 Å². The molecule has 2 unspecified atom stereocenters. The van der Waals surface area contributed by atoms with Gasteiger partial charge in [0.1, 0.15) is 5.82 Å². The summed E-state index contributed by atoms with van der Waals surface area (Å²) in [4.78, 5) is 18.9. The number of aromatic nitrogens is 1. The van der Waals surface area contributed by atoms with Gasteiger partial charge in [0, 0.05) is 31.5 Å². The molecule has 154 valence electrons. The molecule has 8 heteroatoms. The molecule has 1 aliphatic rings. The van der Waals surface area contributed by atoms with Gasteiger partial charge in [-0.15, -0.1) is 24.8 Å². The van der Waals surface area contributed by atoms with Crippen molar-refractivity contribution in [2.75, 3.05) is 23.7 Å². The Labute approximate surface area is 178 Å². The van der Waals surface area contributed by atoms with Crippen molar-refractivity contribution in [3.05, 3.63) is 53.7 Å². The number of rotatable bonds is 5. The van der Waals surface area contributed by atoms with E-state index < -0.39 is 0 Å². The molecular weight excluding hydrogens is 399 g/mol. The van der Waals surface area contributed by atoms with Crippen LogP contribution in [0, 0.1) is 0 Å². The normalized spacial score (nSPS) is 18.6. The Morgan fingerprint density at radius 2 is 1.71 bits per heavy atom. The predicted molar refractivity (Wildman–Crippen MR) is 117 cm³/mol. The summed E-state index contributed by atoms with van der Waals surface area (Å²) in [5.74, 6) is 0.929. The van der Waals surface area contributed by atoms with Crippen LogP contribution in [0.15, 0.2) is 42.6 Å². The molecule has 0 radical (unpaired) electrons. The minimum absolute atomic E-state index is 0. The first-order valence-electron chi connectivity index (χ1n) is 8.96. The number of pyridine rings is 1. The number of hydrogen-bond donors (Lipinski definition) is 2. The van der Waals surface area contributed by atoms with Gasteiger partial charge in [0.15, 0.2) is 0 Å². The van der Waals surface area contributed by atoms with Gasteiger partial charge in [0.2, 0.25) is 5.91 Å². The Balaban J connectivity index is 0.00000196. The summed E-state index contributed by atoms with van der Waals surface area (Å²) in [5, 5.41) is 2.93. The van der Waals surface area contributed by atoms with E-state index >= 15 is 0 Å². The first-order chi connectivity index (χ1) is 12.5. The van der Waals surface area contributed by atoms with E-state index in [1.165, 1.54) is 0 Å². The molecule has 3 rings (SSSR count). The Hall–Kier alpha value is -2.02. The number of morpholine rings is 1. The minimum atomic E-state index is -0.0188. The van der Waals surface area contributed by atoms with Crippen molar-refractivity contribution in [3.8, 4) is 0 Å². The average Bonchev–Trinajstić information content (AvgIpc) is 2.61. The first-order valence-corrected chi connectivity index (χ1v) is 8.96. The molecule has 0 bridgehead atoms.